The number of anilines is 1. The summed E-state index contributed by atoms with van der Waals surface area (Å²) in [4.78, 5) is 38.4. The average Bonchev–Trinajstić information content (AvgIpc) is 3.24. The smallest absolute Gasteiger partial charge is 0.335 e. The van der Waals surface area contributed by atoms with Crippen molar-refractivity contribution in [2.24, 2.45) is 0 Å². The van der Waals surface area contributed by atoms with Crippen molar-refractivity contribution in [2.45, 2.75) is 10.8 Å². The van der Waals surface area contributed by atoms with Crippen molar-refractivity contribution in [3.05, 3.63) is 82.6 Å². The Kier molecular flexibility index (Phi) is 6.34. The van der Waals surface area contributed by atoms with Gasteiger partial charge in [0.15, 0.2) is 5.09 Å². The molecule has 0 saturated carbocycles. The average molecular weight is 469 g/mol. The van der Waals surface area contributed by atoms with E-state index in [-0.39, 0.29) is 5.57 Å². The summed E-state index contributed by atoms with van der Waals surface area (Å²) in [5.41, 5.74) is 1.18. The van der Waals surface area contributed by atoms with Crippen LogP contribution >= 0.6 is 23.4 Å². The molecule has 3 aromatic rings. The number of rotatable bonds is 6. The zero-order valence-electron chi connectivity index (χ0n) is 16.8. The minimum Gasteiger partial charge on any atom is -0.497 e. The van der Waals surface area contributed by atoms with E-state index in [0.29, 0.717) is 33.1 Å². The van der Waals surface area contributed by atoms with Gasteiger partial charge in [-0.05, 0) is 60.2 Å². The van der Waals surface area contributed by atoms with E-state index in [4.69, 9.17) is 20.8 Å². The van der Waals surface area contributed by atoms with Gasteiger partial charge in [-0.3, -0.25) is 14.9 Å². The van der Waals surface area contributed by atoms with Gasteiger partial charge < -0.3 is 9.15 Å². The highest BCUT2D eigenvalue weighted by atomic mass is 35.5. The van der Waals surface area contributed by atoms with Crippen LogP contribution in [0.3, 0.4) is 0 Å². The second kappa shape index (κ2) is 9.33. The van der Waals surface area contributed by atoms with Crippen molar-refractivity contribution in [2.75, 3.05) is 12.0 Å². The van der Waals surface area contributed by atoms with Gasteiger partial charge in [-0.1, -0.05) is 35.5 Å². The van der Waals surface area contributed by atoms with Gasteiger partial charge in [-0.25, -0.2) is 9.69 Å². The molecule has 9 heteroatoms. The molecule has 0 spiro atoms. The molecule has 0 radical (unpaired) electrons. The number of thioether (sulfide) groups is 1. The largest absolute Gasteiger partial charge is 0.497 e. The second-order valence-electron chi connectivity index (χ2n) is 6.73. The van der Waals surface area contributed by atoms with Crippen LogP contribution in [0.4, 0.5) is 10.5 Å². The first kappa shape index (κ1) is 21.7. The monoisotopic (exact) mass is 468 g/mol. The molecule has 0 unspecified atom stereocenters. The van der Waals surface area contributed by atoms with Crippen LogP contribution in [0.25, 0.3) is 6.08 Å². The molecule has 1 aliphatic heterocycles. The lowest BCUT2D eigenvalue weighted by molar-refractivity contribution is -0.122. The van der Waals surface area contributed by atoms with E-state index in [0.717, 1.165) is 10.5 Å². The van der Waals surface area contributed by atoms with Crippen molar-refractivity contribution >= 4 is 53.0 Å². The number of benzene rings is 2. The van der Waals surface area contributed by atoms with Gasteiger partial charge in [-0.2, -0.15) is 0 Å². The molecule has 2 heterocycles. The Morgan fingerprint density at radius 3 is 2.44 bits per heavy atom. The predicted molar refractivity (Wildman–Crippen MR) is 122 cm³/mol. The number of nitrogens with zero attached hydrogens (tertiary/aromatic N) is 1. The summed E-state index contributed by atoms with van der Waals surface area (Å²) in [6.07, 6.45) is 1.33. The summed E-state index contributed by atoms with van der Waals surface area (Å²) in [5, 5.41) is 3.48. The van der Waals surface area contributed by atoms with Crippen LogP contribution in [0, 0.1) is 0 Å². The second-order valence-corrected chi connectivity index (χ2v) is 8.14. The zero-order valence-corrected chi connectivity index (χ0v) is 18.4. The Morgan fingerprint density at radius 1 is 1.03 bits per heavy atom. The standard InChI is InChI=1S/C23H17ClN2O5S/c1-30-17-8-6-16(7-9-17)26-22(28)19(21(27)25-23(26)29)12-18-10-11-20(31-18)32-13-14-2-4-15(24)5-3-14/h2-12H,13H2,1H3,(H,25,27,29)/b19-12-. The molecule has 1 fully saturated rings. The number of furan rings is 1. The van der Waals surface area contributed by atoms with Gasteiger partial charge in [0.2, 0.25) is 0 Å². The highest BCUT2D eigenvalue weighted by Gasteiger charge is 2.37. The van der Waals surface area contributed by atoms with Crippen molar-refractivity contribution in [1.29, 1.82) is 0 Å². The molecule has 32 heavy (non-hydrogen) atoms. The molecule has 1 N–H and O–H groups in total. The van der Waals surface area contributed by atoms with Crippen molar-refractivity contribution < 1.29 is 23.5 Å². The molecule has 1 aromatic heterocycles. The third-order valence-corrected chi connectivity index (χ3v) is 5.85. The third kappa shape index (κ3) is 4.71. The lowest BCUT2D eigenvalue weighted by Crippen LogP contribution is -2.54. The van der Waals surface area contributed by atoms with Crippen LogP contribution in [0.1, 0.15) is 11.3 Å². The number of nitrogens with one attached hydrogen (secondary N) is 1. The fourth-order valence-electron chi connectivity index (χ4n) is 2.99. The Bertz CT molecular complexity index is 1200. The maximum absolute atomic E-state index is 12.9. The quantitative estimate of drug-likeness (QED) is 0.314. The van der Waals surface area contributed by atoms with Gasteiger partial charge in [0.25, 0.3) is 11.8 Å². The number of carbonyl (C=O) groups excluding carboxylic acids is 3. The van der Waals surface area contributed by atoms with Crippen LogP contribution in [-0.4, -0.2) is 25.0 Å². The lowest BCUT2D eigenvalue weighted by Gasteiger charge is -2.26. The minimum atomic E-state index is -0.819. The number of ether oxygens (including phenoxy) is 1. The van der Waals surface area contributed by atoms with E-state index in [2.05, 4.69) is 5.32 Å². The van der Waals surface area contributed by atoms with Crippen LogP contribution < -0.4 is 15.0 Å². The van der Waals surface area contributed by atoms with Gasteiger partial charge >= 0.3 is 6.03 Å². The highest BCUT2D eigenvalue weighted by Crippen LogP contribution is 2.28. The number of carbonyl (C=O) groups is 3. The van der Waals surface area contributed by atoms with Crippen LogP contribution in [-0.2, 0) is 15.3 Å². The van der Waals surface area contributed by atoms with E-state index in [1.807, 2.05) is 24.3 Å². The topological polar surface area (TPSA) is 88.8 Å². The molecule has 0 aliphatic carbocycles. The number of barbiturate groups is 1. The first-order chi connectivity index (χ1) is 15.4. The number of urea groups is 1. The summed E-state index contributed by atoms with van der Waals surface area (Å²) < 4.78 is 10.8. The molecular weight excluding hydrogens is 452 g/mol. The van der Waals surface area contributed by atoms with Gasteiger partial charge in [0, 0.05) is 10.8 Å². The van der Waals surface area contributed by atoms with E-state index in [1.54, 1.807) is 36.4 Å². The molecule has 1 saturated heterocycles. The fraction of sp³-hybridized carbons (Fsp3) is 0.0870. The van der Waals surface area contributed by atoms with Crippen molar-refractivity contribution in [1.82, 2.24) is 5.32 Å². The fourth-order valence-corrected chi connectivity index (χ4v) is 3.94. The minimum absolute atomic E-state index is 0.205. The van der Waals surface area contributed by atoms with Crippen molar-refractivity contribution in [3.63, 3.8) is 0 Å². The van der Waals surface area contributed by atoms with E-state index >= 15 is 0 Å². The maximum Gasteiger partial charge on any atom is 0.335 e. The third-order valence-electron chi connectivity index (χ3n) is 4.62. The molecule has 2 aromatic carbocycles. The maximum atomic E-state index is 12.9. The molecule has 4 amide bonds. The van der Waals surface area contributed by atoms with Gasteiger partial charge in [0.05, 0.1) is 12.8 Å². The number of amides is 4. The van der Waals surface area contributed by atoms with Crippen LogP contribution in [0.15, 0.2) is 75.7 Å². The molecule has 0 atom stereocenters. The predicted octanol–water partition coefficient (Wildman–Crippen LogP) is 4.90. The number of hydrogen-bond acceptors (Lipinski definition) is 6. The summed E-state index contributed by atoms with van der Waals surface area (Å²) in [7, 11) is 1.51. The summed E-state index contributed by atoms with van der Waals surface area (Å²) in [6.45, 7) is 0. The Balaban J connectivity index is 1.52. The Labute approximate surface area is 193 Å². The Hall–Kier alpha value is -3.49. The molecule has 4 rings (SSSR count). The molecule has 0 bridgehead atoms. The molecule has 162 valence electrons. The SMILES string of the molecule is COc1ccc(N2C(=O)NC(=O)/C(=C/c3ccc(SCc4ccc(Cl)cc4)o3)C2=O)cc1. The molecular formula is C23H17ClN2O5S. The number of hydrogen-bond donors (Lipinski definition) is 1. The number of imide groups is 2. The molecule has 1 aliphatic rings. The van der Waals surface area contributed by atoms with Gasteiger partial charge in [-0.15, -0.1) is 0 Å². The van der Waals surface area contributed by atoms with E-state index in [9.17, 15) is 14.4 Å². The van der Waals surface area contributed by atoms with Crippen LogP contribution in [0.5, 0.6) is 5.75 Å². The lowest BCUT2D eigenvalue weighted by atomic mass is 10.1. The highest BCUT2D eigenvalue weighted by molar-refractivity contribution is 7.98. The normalized spacial score (nSPS) is 15.2. The zero-order chi connectivity index (χ0) is 22.7. The Morgan fingerprint density at radius 2 is 1.75 bits per heavy atom. The number of halogens is 1. The van der Waals surface area contributed by atoms with Gasteiger partial charge in [0.1, 0.15) is 17.1 Å². The van der Waals surface area contributed by atoms with E-state index in [1.165, 1.54) is 24.9 Å². The first-order valence-electron chi connectivity index (χ1n) is 9.47. The summed E-state index contributed by atoms with van der Waals surface area (Å²) >= 11 is 7.36. The number of methoxy groups -OCH3 is 1. The first-order valence-corrected chi connectivity index (χ1v) is 10.8. The van der Waals surface area contributed by atoms with Crippen molar-refractivity contribution in [3.8, 4) is 5.75 Å². The van der Waals surface area contributed by atoms with E-state index < -0.39 is 17.8 Å². The summed E-state index contributed by atoms with van der Waals surface area (Å²) in [5.74, 6) is 0.0443. The molecule has 7 nitrogen and oxygen atoms in total. The summed E-state index contributed by atoms with van der Waals surface area (Å²) in [6, 6.07) is 16.4. The van der Waals surface area contributed by atoms with Crippen LogP contribution in [0.2, 0.25) is 5.02 Å².